The summed E-state index contributed by atoms with van der Waals surface area (Å²) in [6.07, 6.45) is 0. The van der Waals surface area contributed by atoms with E-state index in [1.807, 2.05) is 12.1 Å². The average molecular weight is 204 g/mol. The van der Waals surface area contributed by atoms with E-state index in [9.17, 15) is 4.79 Å². The van der Waals surface area contributed by atoms with Crippen molar-refractivity contribution < 1.29 is 9.47 Å². The second-order valence-electron chi connectivity index (χ2n) is 3.22. The highest BCUT2D eigenvalue weighted by molar-refractivity contribution is 5.44. The Labute approximate surface area is 84.6 Å². The lowest BCUT2D eigenvalue weighted by atomic mass is 10.3. The molecule has 2 aromatic rings. The number of nitrogens with one attached hydrogen (secondary N) is 2. The van der Waals surface area contributed by atoms with Crippen molar-refractivity contribution in [3.8, 4) is 17.2 Å². The van der Waals surface area contributed by atoms with E-state index in [2.05, 4.69) is 10.2 Å². The number of fused-ring (bicyclic) bond motifs is 2. The standard InChI is InChI=1S/C10H8N2O3/c13-10-9-6(11-12-10)5-14-7-3-1-2-4-8(7)15-9/h1-4H,5H2,(H2,11,12,13). The lowest BCUT2D eigenvalue weighted by molar-refractivity contribution is 0.302. The van der Waals surface area contributed by atoms with Crippen LogP contribution < -0.4 is 15.0 Å². The van der Waals surface area contributed by atoms with Crippen LogP contribution in [-0.4, -0.2) is 10.2 Å². The minimum atomic E-state index is -0.273. The first kappa shape index (κ1) is 8.16. The zero-order valence-corrected chi connectivity index (χ0v) is 7.74. The van der Waals surface area contributed by atoms with Gasteiger partial charge in [0, 0.05) is 0 Å². The largest absolute Gasteiger partial charge is 0.483 e. The SMILES string of the molecule is O=c1[nH][nH]c2c1Oc1ccccc1OC2. The number of ether oxygens (including phenoxy) is 2. The normalized spacial score (nSPS) is 13.1. The van der Waals surface area contributed by atoms with E-state index in [1.54, 1.807) is 12.1 Å². The summed E-state index contributed by atoms with van der Waals surface area (Å²) < 4.78 is 10.9. The smallest absolute Gasteiger partial charge is 0.307 e. The van der Waals surface area contributed by atoms with Gasteiger partial charge in [-0.25, -0.2) is 0 Å². The van der Waals surface area contributed by atoms with Crippen LogP contribution in [-0.2, 0) is 6.61 Å². The fourth-order valence-corrected chi connectivity index (χ4v) is 1.51. The molecule has 2 heterocycles. The summed E-state index contributed by atoms with van der Waals surface area (Å²) in [4.78, 5) is 11.4. The van der Waals surface area contributed by atoms with Crippen molar-refractivity contribution in [2.24, 2.45) is 0 Å². The van der Waals surface area contributed by atoms with E-state index in [0.717, 1.165) is 0 Å². The minimum absolute atomic E-state index is 0.273. The molecule has 0 saturated heterocycles. The quantitative estimate of drug-likeness (QED) is 0.681. The predicted molar refractivity (Wildman–Crippen MR) is 52.3 cm³/mol. The van der Waals surface area contributed by atoms with E-state index in [0.29, 0.717) is 23.8 Å². The average Bonchev–Trinajstić information content (AvgIpc) is 2.51. The van der Waals surface area contributed by atoms with Gasteiger partial charge in [0.05, 0.1) is 0 Å². The summed E-state index contributed by atoms with van der Waals surface area (Å²) >= 11 is 0. The molecule has 1 aromatic carbocycles. The number of hydrogen-bond donors (Lipinski definition) is 2. The molecule has 0 atom stereocenters. The molecule has 3 rings (SSSR count). The van der Waals surface area contributed by atoms with E-state index < -0.39 is 0 Å². The van der Waals surface area contributed by atoms with E-state index in [4.69, 9.17) is 9.47 Å². The maximum absolute atomic E-state index is 11.4. The molecule has 1 aromatic heterocycles. The molecule has 1 aliphatic heterocycles. The van der Waals surface area contributed by atoms with E-state index >= 15 is 0 Å². The van der Waals surface area contributed by atoms with Crippen LogP contribution in [0.15, 0.2) is 29.1 Å². The molecule has 1 aliphatic rings. The topological polar surface area (TPSA) is 67.1 Å². The first-order valence-electron chi connectivity index (χ1n) is 4.54. The van der Waals surface area contributed by atoms with Gasteiger partial charge in [-0.1, -0.05) is 12.1 Å². The maximum atomic E-state index is 11.4. The number of hydrogen-bond acceptors (Lipinski definition) is 3. The fraction of sp³-hybridized carbons (Fsp3) is 0.100. The summed E-state index contributed by atoms with van der Waals surface area (Å²) in [7, 11) is 0. The third-order valence-electron chi connectivity index (χ3n) is 2.24. The highest BCUT2D eigenvalue weighted by Gasteiger charge is 2.19. The zero-order valence-electron chi connectivity index (χ0n) is 7.74. The van der Waals surface area contributed by atoms with Gasteiger partial charge in [0.2, 0.25) is 5.75 Å². The predicted octanol–water partition coefficient (Wildman–Crippen LogP) is 1.39. The Hall–Kier alpha value is -2.17. The van der Waals surface area contributed by atoms with Gasteiger partial charge < -0.3 is 9.47 Å². The second-order valence-corrected chi connectivity index (χ2v) is 3.22. The highest BCUT2D eigenvalue weighted by Crippen LogP contribution is 2.34. The van der Waals surface area contributed by atoms with E-state index in [1.165, 1.54) is 0 Å². The monoisotopic (exact) mass is 204 g/mol. The molecule has 0 bridgehead atoms. The Morgan fingerprint density at radius 2 is 1.93 bits per heavy atom. The number of para-hydroxylation sites is 2. The molecule has 0 aliphatic carbocycles. The summed E-state index contributed by atoms with van der Waals surface area (Å²) in [6.45, 7) is 0.297. The molecule has 15 heavy (non-hydrogen) atoms. The van der Waals surface area contributed by atoms with Gasteiger partial charge in [-0.15, -0.1) is 0 Å². The maximum Gasteiger partial charge on any atom is 0.307 e. The van der Waals surface area contributed by atoms with Crippen molar-refractivity contribution in [1.29, 1.82) is 0 Å². The van der Waals surface area contributed by atoms with Crippen LogP contribution in [0.4, 0.5) is 0 Å². The van der Waals surface area contributed by atoms with Crippen LogP contribution in [0.2, 0.25) is 0 Å². The van der Waals surface area contributed by atoms with Crippen molar-refractivity contribution >= 4 is 0 Å². The van der Waals surface area contributed by atoms with Gasteiger partial charge >= 0.3 is 5.56 Å². The van der Waals surface area contributed by atoms with Gasteiger partial charge in [0.15, 0.2) is 11.5 Å². The van der Waals surface area contributed by atoms with Crippen LogP contribution >= 0.6 is 0 Å². The third kappa shape index (κ3) is 1.20. The van der Waals surface area contributed by atoms with Crippen LogP contribution in [0.25, 0.3) is 0 Å². The van der Waals surface area contributed by atoms with Crippen molar-refractivity contribution in [3.05, 3.63) is 40.3 Å². The Bertz CT molecular complexity index is 556. The van der Waals surface area contributed by atoms with Crippen LogP contribution in [0.3, 0.4) is 0 Å². The Balaban J connectivity index is 2.16. The zero-order chi connectivity index (χ0) is 10.3. The lowest BCUT2D eigenvalue weighted by Crippen LogP contribution is -2.01. The van der Waals surface area contributed by atoms with Crippen molar-refractivity contribution in [1.82, 2.24) is 10.2 Å². The number of aromatic nitrogens is 2. The molecule has 76 valence electrons. The first-order valence-corrected chi connectivity index (χ1v) is 4.54. The van der Waals surface area contributed by atoms with Crippen molar-refractivity contribution in [3.63, 3.8) is 0 Å². The number of rotatable bonds is 0. The number of H-pyrrole nitrogens is 2. The summed E-state index contributed by atoms with van der Waals surface area (Å²) in [5.74, 6) is 1.47. The Kier molecular flexibility index (Phi) is 1.58. The summed E-state index contributed by atoms with van der Waals surface area (Å²) in [5.41, 5.74) is 0.349. The van der Waals surface area contributed by atoms with Crippen LogP contribution in [0.1, 0.15) is 5.69 Å². The first-order chi connectivity index (χ1) is 7.34. The fourth-order valence-electron chi connectivity index (χ4n) is 1.51. The molecule has 0 spiro atoms. The molecule has 0 radical (unpaired) electrons. The molecule has 2 N–H and O–H groups in total. The summed E-state index contributed by atoms with van der Waals surface area (Å²) in [5, 5.41) is 5.17. The van der Waals surface area contributed by atoms with Gasteiger partial charge in [0.1, 0.15) is 12.3 Å². The molecule has 0 saturated carbocycles. The van der Waals surface area contributed by atoms with E-state index in [-0.39, 0.29) is 11.3 Å². The minimum Gasteiger partial charge on any atom is -0.483 e. The second kappa shape index (κ2) is 2.91. The van der Waals surface area contributed by atoms with Gasteiger partial charge in [0.25, 0.3) is 0 Å². The summed E-state index contributed by atoms with van der Waals surface area (Å²) in [6, 6.07) is 7.24. The molecule has 0 amide bonds. The number of benzene rings is 1. The van der Waals surface area contributed by atoms with Crippen molar-refractivity contribution in [2.75, 3.05) is 0 Å². The molecule has 0 fully saturated rings. The van der Waals surface area contributed by atoms with Crippen LogP contribution in [0, 0.1) is 0 Å². The molecule has 5 nitrogen and oxygen atoms in total. The Morgan fingerprint density at radius 3 is 2.80 bits per heavy atom. The van der Waals surface area contributed by atoms with Crippen molar-refractivity contribution in [2.45, 2.75) is 6.61 Å². The molecule has 0 unspecified atom stereocenters. The molecular formula is C10H8N2O3. The van der Waals surface area contributed by atoms with Gasteiger partial charge in [-0.2, -0.15) is 0 Å². The Morgan fingerprint density at radius 1 is 1.13 bits per heavy atom. The number of aromatic amines is 2. The van der Waals surface area contributed by atoms with Crippen LogP contribution in [0.5, 0.6) is 17.2 Å². The van der Waals surface area contributed by atoms with Gasteiger partial charge in [-0.3, -0.25) is 15.0 Å². The van der Waals surface area contributed by atoms with Gasteiger partial charge in [-0.05, 0) is 12.1 Å². The third-order valence-corrected chi connectivity index (χ3v) is 2.24. The molecular weight excluding hydrogens is 196 g/mol. The highest BCUT2D eigenvalue weighted by atomic mass is 16.5. The molecule has 5 heteroatoms. The lowest BCUT2D eigenvalue weighted by Gasteiger charge is -2.04.